The van der Waals surface area contributed by atoms with Gasteiger partial charge in [-0.2, -0.15) is 0 Å². The maximum atomic E-state index is 13.8. The highest BCUT2D eigenvalue weighted by atomic mass is 79.9. The summed E-state index contributed by atoms with van der Waals surface area (Å²) in [4.78, 5) is 4.26. The highest BCUT2D eigenvalue weighted by Gasteiger charge is 2.14. The lowest BCUT2D eigenvalue weighted by atomic mass is 10.2. The zero-order valence-electron chi connectivity index (χ0n) is 10.5. The fraction of sp³-hybridized carbons (Fsp3) is 0.0714. The highest BCUT2D eigenvalue weighted by molar-refractivity contribution is 9.10. The van der Waals surface area contributed by atoms with Crippen LogP contribution in [-0.4, -0.2) is 9.55 Å². The van der Waals surface area contributed by atoms with Crippen molar-refractivity contribution in [1.29, 1.82) is 0 Å². The SMILES string of the molecule is Cc1ccc(Cl)cc1-n1c(N)nc2cc(Br)c(F)cc21. The number of rotatable bonds is 1. The molecule has 0 saturated heterocycles. The van der Waals surface area contributed by atoms with E-state index in [1.807, 2.05) is 13.0 Å². The molecule has 2 N–H and O–H groups in total. The van der Waals surface area contributed by atoms with Gasteiger partial charge in [0.05, 0.1) is 21.2 Å². The van der Waals surface area contributed by atoms with Crippen LogP contribution in [-0.2, 0) is 0 Å². The van der Waals surface area contributed by atoms with E-state index in [1.54, 1.807) is 22.8 Å². The van der Waals surface area contributed by atoms with Gasteiger partial charge in [-0.1, -0.05) is 17.7 Å². The van der Waals surface area contributed by atoms with Gasteiger partial charge in [-0.3, -0.25) is 4.57 Å². The lowest BCUT2D eigenvalue weighted by Crippen LogP contribution is -2.02. The number of aryl methyl sites for hydroxylation is 1. The molecule has 0 fully saturated rings. The Morgan fingerprint density at radius 1 is 1.30 bits per heavy atom. The Morgan fingerprint density at radius 3 is 2.80 bits per heavy atom. The van der Waals surface area contributed by atoms with Crippen molar-refractivity contribution in [2.45, 2.75) is 6.92 Å². The van der Waals surface area contributed by atoms with Gasteiger partial charge >= 0.3 is 0 Å². The summed E-state index contributed by atoms with van der Waals surface area (Å²) in [5.41, 5.74) is 8.97. The third-order valence-electron chi connectivity index (χ3n) is 3.13. The second-order valence-electron chi connectivity index (χ2n) is 4.49. The Bertz CT molecular complexity index is 829. The van der Waals surface area contributed by atoms with Crippen LogP contribution in [0.2, 0.25) is 5.02 Å². The standard InChI is InChI=1S/C14H10BrClFN3/c1-7-2-3-8(16)4-12(7)20-13-6-10(17)9(15)5-11(13)19-14(20)18/h2-6H,1H3,(H2,18,19). The quantitative estimate of drug-likeness (QED) is 0.700. The molecule has 3 rings (SSSR count). The Kier molecular flexibility index (Phi) is 3.18. The maximum Gasteiger partial charge on any atom is 0.205 e. The largest absolute Gasteiger partial charge is 0.369 e. The van der Waals surface area contributed by atoms with Gasteiger partial charge in [0.15, 0.2) is 0 Å². The molecule has 0 aliphatic carbocycles. The lowest BCUT2D eigenvalue weighted by Gasteiger charge is -2.10. The highest BCUT2D eigenvalue weighted by Crippen LogP contribution is 2.30. The molecule has 0 bridgehead atoms. The van der Waals surface area contributed by atoms with Crippen molar-refractivity contribution in [3.8, 4) is 5.69 Å². The van der Waals surface area contributed by atoms with E-state index in [1.165, 1.54) is 6.07 Å². The van der Waals surface area contributed by atoms with Gasteiger partial charge in [0.2, 0.25) is 5.95 Å². The van der Waals surface area contributed by atoms with E-state index < -0.39 is 0 Å². The molecule has 0 radical (unpaired) electrons. The van der Waals surface area contributed by atoms with E-state index in [9.17, 15) is 4.39 Å². The first kappa shape index (κ1) is 13.4. The van der Waals surface area contributed by atoms with Crippen LogP contribution >= 0.6 is 27.5 Å². The summed E-state index contributed by atoms with van der Waals surface area (Å²) in [7, 11) is 0. The van der Waals surface area contributed by atoms with Crippen molar-refractivity contribution in [2.24, 2.45) is 0 Å². The monoisotopic (exact) mass is 353 g/mol. The molecule has 3 aromatic rings. The lowest BCUT2D eigenvalue weighted by molar-refractivity contribution is 0.622. The normalized spacial score (nSPS) is 11.2. The van der Waals surface area contributed by atoms with Crippen molar-refractivity contribution in [3.63, 3.8) is 0 Å². The molecule has 0 aliphatic rings. The number of nitrogens with two attached hydrogens (primary N) is 1. The van der Waals surface area contributed by atoms with Crippen molar-refractivity contribution < 1.29 is 4.39 Å². The van der Waals surface area contributed by atoms with Crippen LogP contribution < -0.4 is 5.73 Å². The van der Waals surface area contributed by atoms with Crippen molar-refractivity contribution in [2.75, 3.05) is 5.73 Å². The summed E-state index contributed by atoms with van der Waals surface area (Å²) >= 11 is 9.18. The van der Waals surface area contributed by atoms with Gasteiger partial charge in [-0.15, -0.1) is 0 Å². The molecule has 0 atom stereocenters. The van der Waals surface area contributed by atoms with Crippen LogP contribution in [0.1, 0.15) is 5.56 Å². The number of fused-ring (bicyclic) bond motifs is 1. The van der Waals surface area contributed by atoms with E-state index in [0.717, 1.165) is 11.3 Å². The van der Waals surface area contributed by atoms with Crippen LogP contribution in [0.15, 0.2) is 34.8 Å². The number of nitrogen functional groups attached to an aromatic ring is 1. The van der Waals surface area contributed by atoms with Crippen LogP contribution in [0, 0.1) is 12.7 Å². The van der Waals surface area contributed by atoms with Crippen molar-refractivity contribution >= 4 is 44.5 Å². The van der Waals surface area contributed by atoms with Gasteiger partial charge in [0, 0.05) is 11.1 Å². The second-order valence-corrected chi connectivity index (χ2v) is 5.78. The molecule has 2 aromatic carbocycles. The molecule has 102 valence electrons. The fourth-order valence-electron chi connectivity index (χ4n) is 2.17. The zero-order chi connectivity index (χ0) is 14.4. The van der Waals surface area contributed by atoms with Crippen molar-refractivity contribution in [1.82, 2.24) is 9.55 Å². The number of hydrogen-bond donors (Lipinski definition) is 1. The van der Waals surface area contributed by atoms with Crippen LogP contribution in [0.25, 0.3) is 16.7 Å². The first-order valence-electron chi connectivity index (χ1n) is 5.87. The molecule has 0 unspecified atom stereocenters. The number of halogens is 3. The van der Waals surface area contributed by atoms with E-state index in [4.69, 9.17) is 17.3 Å². The van der Waals surface area contributed by atoms with Crippen molar-refractivity contribution in [3.05, 3.63) is 51.2 Å². The van der Waals surface area contributed by atoms with Gasteiger partial charge in [-0.05, 0) is 46.6 Å². The third-order valence-corrected chi connectivity index (χ3v) is 3.98. The van der Waals surface area contributed by atoms with Gasteiger partial charge in [0.25, 0.3) is 0 Å². The minimum Gasteiger partial charge on any atom is -0.369 e. The molecule has 0 saturated carbocycles. The minimum atomic E-state index is -0.363. The van der Waals surface area contributed by atoms with E-state index >= 15 is 0 Å². The topological polar surface area (TPSA) is 43.8 Å². The molecular weight excluding hydrogens is 345 g/mol. The number of nitrogens with zero attached hydrogens (tertiary/aromatic N) is 2. The van der Waals surface area contributed by atoms with Crippen LogP contribution in [0.5, 0.6) is 0 Å². The number of anilines is 1. The van der Waals surface area contributed by atoms with Gasteiger partial charge < -0.3 is 5.73 Å². The van der Waals surface area contributed by atoms with Gasteiger partial charge in [-0.25, -0.2) is 9.37 Å². The first-order chi connectivity index (χ1) is 9.47. The Labute approximate surface area is 128 Å². The predicted molar refractivity (Wildman–Crippen MR) is 82.9 cm³/mol. The molecule has 20 heavy (non-hydrogen) atoms. The van der Waals surface area contributed by atoms with Crippen LogP contribution in [0.3, 0.4) is 0 Å². The number of hydrogen-bond acceptors (Lipinski definition) is 2. The molecule has 3 nitrogen and oxygen atoms in total. The summed E-state index contributed by atoms with van der Waals surface area (Å²) in [5, 5.41) is 0.587. The summed E-state index contributed by atoms with van der Waals surface area (Å²) in [6.07, 6.45) is 0. The average Bonchev–Trinajstić information content (AvgIpc) is 2.69. The fourth-order valence-corrected chi connectivity index (χ4v) is 2.67. The molecule has 0 aliphatic heterocycles. The Hall–Kier alpha value is -1.59. The maximum absolute atomic E-state index is 13.8. The number of benzene rings is 2. The van der Waals surface area contributed by atoms with E-state index in [2.05, 4.69) is 20.9 Å². The molecule has 0 spiro atoms. The number of aromatic nitrogens is 2. The summed E-state index contributed by atoms with van der Waals surface area (Å²) in [6.45, 7) is 1.94. The second kappa shape index (κ2) is 4.75. The molecule has 1 aromatic heterocycles. The Balaban J connectivity index is 2.38. The predicted octanol–water partition coefficient (Wildman–Crippen LogP) is 4.47. The van der Waals surface area contributed by atoms with E-state index in [-0.39, 0.29) is 5.82 Å². The summed E-state index contributed by atoms with van der Waals surface area (Å²) in [6, 6.07) is 8.49. The Morgan fingerprint density at radius 2 is 2.05 bits per heavy atom. The zero-order valence-corrected chi connectivity index (χ0v) is 12.8. The summed E-state index contributed by atoms with van der Waals surface area (Å²) in [5.74, 6) is -0.0683. The summed E-state index contributed by atoms with van der Waals surface area (Å²) < 4.78 is 15.8. The third kappa shape index (κ3) is 2.07. The smallest absolute Gasteiger partial charge is 0.205 e. The van der Waals surface area contributed by atoms with Gasteiger partial charge in [0.1, 0.15) is 5.82 Å². The average molecular weight is 355 g/mol. The molecule has 0 amide bonds. The molecular formula is C14H10BrClFN3. The van der Waals surface area contributed by atoms with Crippen LogP contribution in [0.4, 0.5) is 10.3 Å². The first-order valence-corrected chi connectivity index (χ1v) is 7.04. The number of imidazole rings is 1. The minimum absolute atomic E-state index is 0.294. The van der Waals surface area contributed by atoms with E-state index in [0.29, 0.717) is 26.5 Å². The molecule has 1 heterocycles. The molecule has 6 heteroatoms.